The Hall–Kier alpha value is -2.11. The zero-order chi connectivity index (χ0) is 17.9. The fourth-order valence-corrected chi connectivity index (χ4v) is 4.36. The van der Waals surface area contributed by atoms with E-state index in [1.165, 1.54) is 5.56 Å². The number of hydrogen-bond donors (Lipinski definition) is 2. The van der Waals surface area contributed by atoms with Crippen LogP contribution in [-0.4, -0.2) is 41.1 Å². The lowest BCUT2D eigenvalue weighted by Gasteiger charge is -2.51. The van der Waals surface area contributed by atoms with E-state index in [9.17, 15) is 4.79 Å². The topological polar surface area (TPSA) is 57.3 Å². The largest absolute Gasteiger partial charge is 0.333 e. The lowest BCUT2D eigenvalue weighted by Crippen LogP contribution is -2.64. The SMILES string of the molecule is O=C(Nc1ccc(Cl)cc1)N[C@H]1C2CCN(CC2)[C@@H]1Cc1cccnc1. The first-order valence-electron chi connectivity index (χ1n) is 9.15. The van der Waals surface area contributed by atoms with E-state index in [2.05, 4.69) is 26.6 Å². The predicted octanol–water partition coefficient (Wildman–Crippen LogP) is 3.56. The van der Waals surface area contributed by atoms with Gasteiger partial charge in [-0.25, -0.2) is 4.79 Å². The van der Waals surface area contributed by atoms with E-state index in [4.69, 9.17) is 11.6 Å². The highest BCUT2D eigenvalue weighted by Crippen LogP contribution is 2.34. The summed E-state index contributed by atoms with van der Waals surface area (Å²) >= 11 is 5.90. The molecule has 6 heteroatoms. The molecule has 3 saturated heterocycles. The monoisotopic (exact) mass is 370 g/mol. The average molecular weight is 371 g/mol. The number of carbonyl (C=O) groups is 1. The maximum absolute atomic E-state index is 12.6. The van der Waals surface area contributed by atoms with Gasteiger partial charge in [0.1, 0.15) is 0 Å². The third-order valence-electron chi connectivity index (χ3n) is 5.53. The first kappa shape index (κ1) is 17.3. The number of aromatic nitrogens is 1. The minimum atomic E-state index is -0.151. The van der Waals surface area contributed by atoms with Gasteiger partial charge in [-0.3, -0.25) is 9.88 Å². The molecular weight excluding hydrogens is 348 g/mol. The minimum Gasteiger partial charge on any atom is -0.333 e. The van der Waals surface area contributed by atoms with Gasteiger partial charge in [-0.05, 0) is 74.2 Å². The molecule has 5 rings (SSSR count). The molecule has 5 nitrogen and oxygen atoms in total. The number of anilines is 1. The van der Waals surface area contributed by atoms with Crippen LogP contribution in [0.25, 0.3) is 0 Å². The second-order valence-corrected chi connectivity index (χ2v) is 7.57. The van der Waals surface area contributed by atoms with Gasteiger partial charge in [0.25, 0.3) is 0 Å². The van der Waals surface area contributed by atoms with Gasteiger partial charge in [-0.2, -0.15) is 0 Å². The Kier molecular flexibility index (Phi) is 5.09. The number of nitrogens with zero attached hydrogens (tertiary/aromatic N) is 2. The number of rotatable bonds is 4. The fraction of sp³-hybridized carbons (Fsp3) is 0.400. The van der Waals surface area contributed by atoms with Gasteiger partial charge in [-0.1, -0.05) is 17.7 Å². The number of carbonyl (C=O) groups excluding carboxylic acids is 1. The van der Waals surface area contributed by atoms with Crippen LogP contribution in [0.3, 0.4) is 0 Å². The van der Waals surface area contributed by atoms with Gasteiger partial charge < -0.3 is 10.6 Å². The molecule has 1 aromatic carbocycles. The van der Waals surface area contributed by atoms with Crippen LogP contribution >= 0.6 is 11.6 Å². The van der Waals surface area contributed by atoms with Crippen molar-refractivity contribution in [2.45, 2.75) is 31.3 Å². The van der Waals surface area contributed by atoms with Crippen LogP contribution in [0, 0.1) is 5.92 Å². The molecular formula is C20H23ClN4O. The number of hydrogen-bond acceptors (Lipinski definition) is 3. The highest BCUT2D eigenvalue weighted by atomic mass is 35.5. The number of pyridine rings is 1. The molecule has 0 spiro atoms. The van der Waals surface area contributed by atoms with Crippen LogP contribution in [0.1, 0.15) is 18.4 Å². The Labute approximate surface area is 158 Å². The molecule has 2 N–H and O–H groups in total. The second-order valence-electron chi connectivity index (χ2n) is 7.14. The van der Waals surface area contributed by atoms with Crippen molar-refractivity contribution in [1.29, 1.82) is 0 Å². The first-order chi connectivity index (χ1) is 12.7. The maximum atomic E-state index is 12.6. The van der Waals surface area contributed by atoms with Crippen molar-refractivity contribution in [3.63, 3.8) is 0 Å². The predicted molar refractivity (Wildman–Crippen MR) is 103 cm³/mol. The highest BCUT2D eigenvalue weighted by Gasteiger charge is 2.42. The first-order valence-corrected chi connectivity index (χ1v) is 9.53. The Bertz CT molecular complexity index is 744. The number of urea groups is 1. The highest BCUT2D eigenvalue weighted by molar-refractivity contribution is 6.30. The lowest BCUT2D eigenvalue weighted by molar-refractivity contribution is 0.0184. The van der Waals surface area contributed by atoms with Crippen molar-refractivity contribution >= 4 is 23.3 Å². The van der Waals surface area contributed by atoms with Crippen molar-refractivity contribution in [2.75, 3.05) is 18.4 Å². The quantitative estimate of drug-likeness (QED) is 0.865. The Morgan fingerprint density at radius 3 is 2.65 bits per heavy atom. The summed E-state index contributed by atoms with van der Waals surface area (Å²) in [5.41, 5.74) is 1.96. The fourth-order valence-electron chi connectivity index (χ4n) is 4.23. The molecule has 2 bridgehead atoms. The number of halogens is 1. The molecule has 2 amide bonds. The smallest absolute Gasteiger partial charge is 0.319 e. The normalized spacial score (nSPS) is 27.1. The number of fused-ring (bicyclic) bond motifs is 3. The van der Waals surface area contributed by atoms with Gasteiger partial charge >= 0.3 is 6.03 Å². The Morgan fingerprint density at radius 2 is 1.96 bits per heavy atom. The van der Waals surface area contributed by atoms with Crippen LogP contribution in [0.5, 0.6) is 0 Å². The molecule has 3 fully saturated rings. The summed E-state index contributed by atoms with van der Waals surface area (Å²) in [7, 11) is 0. The van der Waals surface area contributed by atoms with Gasteiger partial charge in [-0.15, -0.1) is 0 Å². The molecule has 0 radical (unpaired) electrons. The van der Waals surface area contributed by atoms with E-state index in [1.54, 1.807) is 18.3 Å². The van der Waals surface area contributed by atoms with E-state index in [0.29, 0.717) is 17.0 Å². The molecule has 2 atom stereocenters. The maximum Gasteiger partial charge on any atom is 0.319 e. The van der Waals surface area contributed by atoms with Crippen LogP contribution < -0.4 is 10.6 Å². The number of benzene rings is 1. The van der Waals surface area contributed by atoms with Crippen LogP contribution in [0.15, 0.2) is 48.8 Å². The molecule has 3 aliphatic rings. The summed E-state index contributed by atoms with van der Waals surface area (Å²) < 4.78 is 0. The molecule has 2 aromatic rings. The third kappa shape index (κ3) is 3.84. The molecule has 0 aliphatic carbocycles. The molecule has 136 valence electrons. The van der Waals surface area contributed by atoms with Gasteiger partial charge in [0.15, 0.2) is 0 Å². The van der Waals surface area contributed by atoms with E-state index in [1.807, 2.05) is 24.4 Å². The summed E-state index contributed by atoms with van der Waals surface area (Å²) in [6, 6.07) is 11.6. The molecule has 26 heavy (non-hydrogen) atoms. The summed E-state index contributed by atoms with van der Waals surface area (Å²) in [6.07, 6.45) is 6.93. The summed E-state index contributed by atoms with van der Waals surface area (Å²) in [6.45, 7) is 2.24. The molecule has 0 saturated carbocycles. The second kappa shape index (κ2) is 7.64. The van der Waals surface area contributed by atoms with Crippen LogP contribution in [-0.2, 0) is 6.42 Å². The Morgan fingerprint density at radius 1 is 1.19 bits per heavy atom. The van der Waals surface area contributed by atoms with Crippen molar-refractivity contribution in [2.24, 2.45) is 5.92 Å². The van der Waals surface area contributed by atoms with Crippen molar-refractivity contribution in [1.82, 2.24) is 15.2 Å². The zero-order valence-electron chi connectivity index (χ0n) is 14.6. The summed E-state index contributed by atoms with van der Waals surface area (Å²) in [4.78, 5) is 19.3. The summed E-state index contributed by atoms with van der Waals surface area (Å²) in [5.74, 6) is 0.539. The zero-order valence-corrected chi connectivity index (χ0v) is 15.3. The number of amides is 2. The van der Waals surface area contributed by atoms with Gasteiger partial charge in [0.05, 0.1) is 0 Å². The van der Waals surface area contributed by atoms with E-state index < -0.39 is 0 Å². The molecule has 4 heterocycles. The van der Waals surface area contributed by atoms with Crippen molar-refractivity contribution < 1.29 is 4.79 Å². The standard InChI is InChI=1S/C20H23ClN4O/c21-16-3-5-17(6-4-16)23-20(26)24-19-15-7-10-25(11-8-15)18(19)12-14-2-1-9-22-13-14/h1-6,9,13,15,18-19H,7-8,10-12H2,(H2,23,24,26)/t18-,19+/m1/s1. The number of nitrogens with one attached hydrogen (secondary N) is 2. The molecule has 3 aliphatic heterocycles. The van der Waals surface area contributed by atoms with Gasteiger partial charge in [0.2, 0.25) is 0 Å². The average Bonchev–Trinajstić information content (AvgIpc) is 2.67. The Balaban J connectivity index is 1.45. The molecule has 0 unspecified atom stereocenters. The van der Waals surface area contributed by atoms with E-state index >= 15 is 0 Å². The number of piperidine rings is 3. The van der Waals surface area contributed by atoms with E-state index in [-0.39, 0.29) is 12.1 Å². The summed E-state index contributed by atoms with van der Waals surface area (Å²) in [5, 5.41) is 6.82. The van der Waals surface area contributed by atoms with E-state index in [0.717, 1.165) is 38.0 Å². The lowest BCUT2D eigenvalue weighted by atomic mass is 9.77. The third-order valence-corrected chi connectivity index (χ3v) is 5.79. The molecule has 1 aromatic heterocycles. The van der Waals surface area contributed by atoms with Crippen molar-refractivity contribution in [3.05, 3.63) is 59.4 Å². The minimum absolute atomic E-state index is 0.151. The van der Waals surface area contributed by atoms with Crippen LogP contribution in [0.4, 0.5) is 10.5 Å². The van der Waals surface area contributed by atoms with Crippen LogP contribution in [0.2, 0.25) is 5.02 Å². The van der Waals surface area contributed by atoms with Crippen molar-refractivity contribution in [3.8, 4) is 0 Å². The van der Waals surface area contributed by atoms with Gasteiger partial charge in [0, 0.05) is 35.2 Å².